The Kier molecular flexibility index (Phi) is 4.32. The Morgan fingerprint density at radius 1 is 1.29 bits per heavy atom. The number of carbonyl (C=O) groups excluding carboxylic acids is 1. The SMILES string of the molecule is C=C(OC(=O)C(C)(C)CC)Oc1ccccc1. The monoisotopic (exact) mass is 234 g/mol. The molecule has 0 unspecified atom stereocenters. The molecule has 0 fully saturated rings. The van der Waals surface area contributed by atoms with Crippen LogP contribution < -0.4 is 4.74 Å². The Morgan fingerprint density at radius 2 is 1.88 bits per heavy atom. The van der Waals surface area contributed by atoms with Crippen molar-refractivity contribution in [2.24, 2.45) is 5.41 Å². The zero-order chi connectivity index (χ0) is 12.9. The van der Waals surface area contributed by atoms with Gasteiger partial charge in [0.15, 0.2) is 0 Å². The van der Waals surface area contributed by atoms with Crippen LogP contribution in [0, 0.1) is 5.41 Å². The maximum absolute atomic E-state index is 11.7. The average molecular weight is 234 g/mol. The number of rotatable bonds is 5. The molecule has 1 rings (SSSR count). The van der Waals surface area contributed by atoms with Gasteiger partial charge in [-0.15, -0.1) is 0 Å². The second-order valence-electron chi connectivity index (χ2n) is 4.41. The second-order valence-corrected chi connectivity index (χ2v) is 4.41. The molecule has 0 saturated carbocycles. The molecule has 0 aromatic heterocycles. The van der Waals surface area contributed by atoms with Crippen LogP contribution in [0.2, 0.25) is 0 Å². The summed E-state index contributed by atoms with van der Waals surface area (Å²) in [5, 5.41) is 0. The zero-order valence-corrected chi connectivity index (χ0v) is 10.5. The maximum atomic E-state index is 11.7. The van der Waals surface area contributed by atoms with Crippen molar-refractivity contribution in [2.45, 2.75) is 27.2 Å². The Morgan fingerprint density at radius 3 is 2.41 bits per heavy atom. The van der Waals surface area contributed by atoms with Gasteiger partial charge in [-0.25, -0.2) is 0 Å². The first kappa shape index (κ1) is 13.3. The summed E-state index contributed by atoms with van der Waals surface area (Å²) >= 11 is 0. The zero-order valence-electron chi connectivity index (χ0n) is 10.5. The molecule has 0 bridgehead atoms. The van der Waals surface area contributed by atoms with Crippen LogP contribution in [0.1, 0.15) is 27.2 Å². The maximum Gasteiger partial charge on any atom is 0.319 e. The van der Waals surface area contributed by atoms with Gasteiger partial charge in [0.05, 0.1) is 5.41 Å². The summed E-state index contributed by atoms with van der Waals surface area (Å²) in [5.41, 5.74) is -0.525. The van der Waals surface area contributed by atoms with Gasteiger partial charge >= 0.3 is 5.97 Å². The van der Waals surface area contributed by atoms with Gasteiger partial charge in [-0.05, 0) is 39.0 Å². The van der Waals surface area contributed by atoms with E-state index in [2.05, 4.69) is 6.58 Å². The molecule has 0 radical (unpaired) electrons. The van der Waals surface area contributed by atoms with E-state index >= 15 is 0 Å². The number of ether oxygens (including phenoxy) is 2. The predicted octanol–water partition coefficient (Wildman–Crippen LogP) is 3.52. The minimum Gasteiger partial charge on any atom is -0.426 e. The van der Waals surface area contributed by atoms with Crippen LogP contribution in [0.25, 0.3) is 0 Å². The molecule has 3 heteroatoms. The van der Waals surface area contributed by atoms with Crippen molar-refractivity contribution in [1.82, 2.24) is 0 Å². The molecule has 0 N–H and O–H groups in total. The lowest BCUT2D eigenvalue weighted by atomic mass is 9.91. The Bertz CT molecular complexity index is 393. The largest absolute Gasteiger partial charge is 0.426 e. The lowest BCUT2D eigenvalue weighted by molar-refractivity contribution is -0.152. The summed E-state index contributed by atoms with van der Waals surface area (Å²) < 4.78 is 10.3. The Labute approximate surface area is 102 Å². The van der Waals surface area contributed by atoms with Crippen molar-refractivity contribution in [3.8, 4) is 5.75 Å². The first-order chi connectivity index (χ1) is 7.95. The quantitative estimate of drug-likeness (QED) is 0.577. The summed E-state index contributed by atoms with van der Waals surface area (Å²) in [5.74, 6) is 0.267. The highest BCUT2D eigenvalue weighted by Gasteiger charge is 2.28. The molecule has 0 saturated heterocycles. The van der Waals surface area contributed by atoms with Crippen LogP contribution in [0.4, 0.5) is 0 Å². The lowest BCUT2D eigenvalue weighted by Crippen LogP contribution is -2.26. The molecule has 17 heavy (non-hydrogen) atoms. The average Bonchev–Trinajstić information content (AvgIpc) is 2.30. The molecule has 1 aromatic carbocycles. The fraction of sp³-hybridized carbons (Fsp3) is 0.357. The number of carbonyl (C=O) groups is 1. The first-order valence-electron chi connectivity index (χ1n) is 5.60. The van der Waals surface area contributed by atoms with E-state index in [-0.39, 0.29) is 11.9 Å². The van der Waals surface area contributed by atoms with Crippen molar-refractivity contribution in [3.05, 3.63) is 42.9 Å². The standard InChI is InChI=1S/C14H18O3/c1-5-14(3,4)13(15)17-11(2)16-12-9-7-6-8-10-12/h6-10H,2,5H2,1,3-4H3. The van der Waals surface area contributed by atoms with E-state index in [1.54, 1.807) is 12.1 Å². The van der Waals surface area contributed by atoms with Crippen molar-refractivity contribution >= 4 is 5.97 Å². The molecular formula is C14H18O3. The lowest BCUT2D eigenvalue weighted by Gasteiger charge is -2.20. The van der Waals surface area contributed by atoms with Gasteiger partial charge in [-0.1, -0.05) is 25.1 Å². The molecule has 0 aliphatic rings. The molecule has 3 nitrogen and oxygen atoms in total. The Hall–Kier alpha value is -1.77. The van der Waals surface area contributed by atoms with Crippen molar-refractivity contribution in [1.29, 1.82) is 0 Å². The van der Waals surface area contributed by atoms with Gasteiger partial charge in [0.2, 0.25) is 0 Å². The van der Waals surface area contributed by atoms with E-state index in [9.17, 15) is 4.79 Å². The summed E-state index contributed by atoms with van der Waals surface area (Å²) in [6.07, 6.45) is 0.699. The highest BCUT2D eigenvalue weighted by atomic mass is 16.7. The molecular weight excluding hydrogens is 216 g/mol. The van der Waals surface area contributed by atoms with Crippen molar-refractivity contribution < 1.29 is 14.3 Å². The fourth-order valence-electron chi connectivity index (χ4n) is 1.03. The molecule has 0 aliphatic heterocycles. The van der Waals surface area contributed by atoms with Gasteiger partial charge in [0.1, 0.15) is 5.75 Å². The van der Waals surface area contributed by atoms with Gasteiger partial charge in [-0.2, -0.15) is 0 Å². The molecule has 0 amide bonds. The number of hydrogen-bond donors (Lipinski definition) is 0. The van der Waals surface area contributed by atoms with Gasteiger partial charge < -0.3 is 9.47 Å². The fourth-order valence-corrected chi connectivity index (χ4v) is 1.03. The predicted molar refractivity (Wildman–Crippen MR) is 66.4 cm³/mol. The van der Waals surface area contributed by atoms with Crippen LogP contribution >= 0.6 is 0 Å². The summed E-state index contributed by atoms with van der Waals surface area (Å²) in [6.45, 7) is 9.15. The van der Waals surface area contributed by atoms with Crippen LogP contribution in [-0.4, -0.2) is 5.97 Å². The third-order valence-corrected chi connectivity index (χ3v) is 2.62. The molecule has 92 valence electrons. The van der Waals surface area contributed by atoms with Crippen LogP contribution in [0.5, 0.6) is 5.75 Å². The summed E-state index contributed by atoms with van der Waals surface area (Å²) in [6, 6.07) is 9.08. The number of para-hydroxylation sites is 1. The number of benzene rings is 1. The van der Waals surface area contributed by atoms with E-state index in [0.717, 1.165) is 0 Å². The molecule has 0 spiro atoms. The highest BCUT2D eigenvalue weighted by Crippen LogP contribution is 2.23. The van der Waals surface area contributed by atoms with Gasteiger partial charge in [-0.3, -0.25) is 4.79 Å². The normalized spacial score (nSPS) is 10.8. The van der Waals surface area contributed by atoms with Gasteiger partial charge in [0, 0.05) is 0 Å². The molecule has 1 aromatic rings. The number of hydrogen-bond acceptors (Lipinski definition) is 3. The van der Waals surface area contributed by atoms with Crippen LogP contribution in [0.3, 0.4) is 0 Å². The van der Waals surface area contributed by atoms with E-state index in [4.69, 9.17) is 9.47 Å². The highest BCUT2D eigenvalue weighted by molar-refractivity contribution is 5.76. The van der Waals surface area contributed by atoms with Crippen LogP contribution in [0.15, 0.2) is 42.9 Å². The van der Waals surface area contributed by atoms with E-state index in [1.807, 2.05) is 39.0 Å². The summed E-state index contributed by atoms with van der Waals surface area (Å²) in [7, 11) is 0. The Balaban J connectivity index is 2.54. The van der Waals surface area contributed by atoms with E-state index in [0.29, 0.717) is 12.2 Å². The minimum absolute atomic E-state index is 0.00252. The van der Waals surface area contributed by atoms with E-state index < -0.39 is 5.41 Å². The third kappa shape index (κ3) is 3.94. The molecule has 0 atom stereocenters. The first-order valence-corrected chi connectivity index (χ1v) is 5.60. The number of esters is 1. The smallest absolute Gasteiger partial charge is 0.319 e. The van der Waals surface area contributed by atoms with Gasteiger partial charge in [0.25, 0.3) is 5.95 Å². The third-order valence-electron chi connectivity index (χ3n) is 2.62. The summed E-state index contributed by atoms with van der Waals surface area (Å²) in [4.78, 5) is 11.7. The minimum atomic E-state index is -0.525. The van der Waals surface area contributed by atoms with E-state index in [1.165, 1.54) is 0 Å². The van der Waals surface area contributed by atoms with Crippen LogP contribution in [-0.2, 0) is 9.53 Å². The topological polar surface area (TPSA) is 35.5 Å². The molecule has 0 aliphatic carbocycles. The van der Waals surface area contributed by atoms with Crippen molar-refractivity contribution in [3.63, 3.8) is 0 Å². The molecule has 0 heterocycles. The van der Waals surface area contributed by atoms with Crippen molar-refractivity contribution in [2.75, 3.05) is 0 Å². The second kappa shape index (κ2) is 5.53.